The molecular formula is C29H29F2N5O5S. The summed E-state index contributed by atoms with van der Waals surface area (Å²) >= 11 is 1.11. The fourth-order valence-electron chi connectivity index (χ4n) is 4.56. The Hall–Kier alpha value is -4.39. The number of alkyl halides is 2. The topological polar surface area (TPSA) is 123 Å². The summed E-state index contributed by atoms with van der Waals surface area (Å²) in [5.74, 6) is -2.75. The maximum atomic E-state index is 14.1. The van der Waals surface area contributed by atoms with E-state index in [2.05, 4.69) is 19.7 Å². The molecule has 0 aliphatic carbocycles. The van der Waals surface area contributed by atoms with Gasteiger partial charge in [-0.1, -0.05) is 18.2 Å². The molecule has 10 nitrogen and oxygen atoms in total. The molecule has 2 aromatic carbocycles. The number of rotatable bonds is 4. The van der Waals surface area contributed by atoms with Crippen LogP contribution in [0.5, 0.6) is 0 Å². The molecule has 1 aliphatic rings. The van der Waals surface area contributed by atoms with E-state index in [1.165, 1.54) is 0 Å². The fraction of sp³-hybridized carbons (Fsp3) is 0.345. The molecule has 0 unspecified atom stereocenters. The van der Waals surface area contributed by atoms with Crippen LogP contribution in [0.25, 0.3) is 21.0 Å². The highest BCUT2D eigenvalue weighted by Crippen LogP contribution is 2.33. The highest BCUT2D eigenvalue weighted by atomic mass is 32.1. The second kappa shape index (κ2) is 11.5. The molecule has 2 aromatic heterocycles. The third-order valence-corrected chi connectivity index (χ3v) is 7.31. The number of benzene rings is 2. The second-order valence-corrected chi connectivity index (χ2v) is 11.7. The second-order valence-electron chi connectivity index (χ2n) is 10.9. The standard InChI is InChI=1S/C29H29F2N5O5S/c1-28(2,3)41-27(39)40-26(38)34-23-19-16-18(9-10-22(19)42-35-23)32-25(37)20-15-17-7-4-5-8-21(17)33-24(20)36-13-6-11-29(30,31)12-14-36/h4-5,7-10,15-16H,6,11-14H2,1-3H3,(H,32,37)(H,34,35,38). The van der Waals surface area contributed by atoms with Gasteiger partial charge in [0.15, 0.2) is 5.82 Å². The number of nitrogens with zero attached hydrogens (tertiary/aromatic N) is 3. The lowest BCUT2D eigenvalue weighted by molar-refractivity contribution is -0.0102. The van der Waals surface area contributed by atoms with Crippen LogP contribution in [0.1, 0.15) is 50.4 Å². The van der Waals surface area contributed by atoms with Crippen LogP contribution in [-0.2, 0) is 9.47 Å². The number of anilines is 3. The van der Waals surface area contributed by atoms with Crippen molar-refractivity contribution in [2.24, 2.45) is 0 Å². The van der Waals surface area contributed by atoms with Crippen LogP contribution < -0.4 is 15.5 Å². The summed E-state index contributed by atoms with van der Waals surface area (Å²) in [5, 5.41) is 6.53. The minimum Gasteiger partial charge on any atom is -0.428 e. The Morgan fingerprint density at radius 3 is 2.60 bits per heavy atom. The van der Waals surface area contributed by atoms with E-state index in [0.29, 0.717) is 33.7 Å². The van der Waals surface area contributed by atoms with Crippen molar-refractivity contribution in [3.05, 3.63) is 54.1 Å². The molecule has 3 heterocycles. The lowest BCUT2D eigenvalue weighted by Gasteiger charge is -2.24. The first kappa shape index (κ1) is 29.1. The van der Waals surface area contributed by atoms with Crippen molar-refractivity contribution in [3.63, 3.8) is 0 Å². The van der Waals surface area contributed by atoms with Crippen LogP contribution >= 0.6 is 11.5 Å². The van der Waals surface area contributed by atoms with Gasteiger partial charge >= 0.3 is 12.2 Å². The van der Waals surface area contributed by atoms with Crippen molar-refractivity contribution in [1.29, 1.82) is 0 Å². The van der Waals surface area contributed by atoms with Crippen LogP contribution in [-0.4, -0.2) is 52.1 Å². The van der Waals surface area contributed by atoms with Gasteiger partial charge in [-0.3, -0.25) is 10.1 Å². The Morgan fingerprint density at radius 2 is 1.81 bits per heavy atom. The zero-order valence-electron chi connectivity index (χ0n) is 23.2. The maximum Gasteiger partial charge on any atom is 0.517 e. The molecule has 5 rings (SSSR count). The van der Waals surface area contributed by atoms with Gasteiger partial charge in [-0.05, 0) is 69.1 Å². The molecule has 0 bridgehead atoms. The third-order valence-electron chi connectivity index (χ3n) is 6.48. The zero-order chi connectivity index (χ0) is 30.1. The quantitative estimate of drug-likeness (QED) is 0.187. The molecule has 2 amide bonds. The van der Waals surface area contributed by atoms with Crippen molar-refractivity contribution < 1.29 is 32.6 Å². The number of fused-ring (bicyclic) bond motifs is 2. The largest absolute Gasteiger partial charge is 0.517 e. The molecule has 42 heavy (non-hydrogen) atoms. The van der Waals surface area contributed by atoms with Crippen molar-refractivity contribution in [2.45, 2.75) is 51.6 Å². The minimum atomic E-state index is -2.76. The van der Waals surface area contributed by atoms with Crippen LogP contribution in [0.4, 0.5) is 35.7 Å². The number of carbonyl (C=O) groups is 3. The molecule has 1 fully saturated rings. The van der Waals surface area contributed by atoms with E-state index in [0.717, 1.165) is 16.9 Å². The first-order valence-corrected chi connectivity index (χ1v) is 14.1. The number of hydrogen-bond donors (Lipinski definition) is 2. The van der Waals surface area contributed by atoms with Gasteiger partial charge in [0, 0.05) is 42.4 Å². The Balaban J connectivity index is 1.39. The van der Waals surface area contributed by atoms with Crippen molar-refractivity contribution >= 4 is 68.0 Å². The SMILES string of the molecule is CC(C)(C)OC(=O)OC(=O)Nc1nsc2ccc(NC(=O)c3cc4ccccc4nc3N3CCCC(F)(F)CC3)cc12. The summed E-state index contributed by atoms with van der Waals surface area (Å²) in [6.45, 7) is 5.33. The van der Waals surface area contributed by atoms with E-state index in [4.69, 9.17) is 9.72 Å². The van der Waals surface area contributed by atoms with Crippen molar-refractivity contribution in [2.75, 3.05) is 28.6 Å². The number of nitrogens with one attached hydrogen (secondary N) is 2. The molecule has 2 N–H and O–H groups in total. The van der Waals surface area contributed by atoms with E-state index < -0.39 is 29.7 Å². The highest BCUT2D eigenvalue weighted by Gasteiger charge is 2.33. The number of pyridine rings is 1. The molecule has 1 aliphatic heterocycles. The van der Waals surface area contributed by atoms with Crippen molar-refractivity contribution in [3.8, 4) is 0 Å². The summed E-state index contributed by atoms with van der Waals surface area (Å²) in [5.41, 5.74) is 0.468. The molecule has 1 saturated heterocycles. The van der Waals surface area contributed by atoms with Gasteiger partial charge in [0.1, 0.15) is 11.4 Å². The number of hydrogen-bond acceptors (Lipinski definition) is 9. The highest BCUT2D eigenvalue weighted by molar-refractivity contribution is 7.13. The normalized spacial score (nSPS) is 15.2. The zero-order valence-corrected chi connectivity index (χ0v) is 24.0. The molecular weight excluding hydrogens is 568 g/mol. The number of amides is 2. The maximum absolute atomic E-state index is 14.1. The van der Waals surface area contributed by atoms with Gasteiger partial charge in [-0.15, -0.1) is 0 Å². The molecule has 0 radical (unpaired) electrons. The van der Waals surface area contributed by atoms with Gasteiger partial charge in [-0.25, -0.2) is 23.4 Å². The van der Waals surface area contributed by atoms with E-state index in [9.17, 15) is 23.2 Å². The molecule has 220 valence electrons. The number of aromatic nitrogens is 2. The lowest BCUT2D eigenvalue weighted by Crippen LogP contribution is -2.29. The summed E-state index contributed by atoms with van der Waals surface area (Å²) < 4.78 is 42.8. The van der Waals surface area contributed by atoms with Gasteiger partial charge in [0.25, 0.3) is 5.91 Å². The van der Waals surface area contributed by atoms with Crippen LogP contribution in [0.3, 0.4) is 0 Å². The Bertz CT molecular complexity index is 1670. The van der Waals surface area contributed by atoms with Crippen molar-refractivity contribution in [1.82, 2.24) is 9.36 Å². The van der Waals surface area contributed by atoms with E-state index in [1.807, 2.05) is 24.3 Å². The van der Waals surface area contributed by atoms with Crippen LogP contribution in [0.15, 0.2) is 48.5 Å². The summed E-state index contributed by atoms with van der Waals surface area (Å²) in [7, 11) is 0. The van der Waals surface area contributed by atoms with Crippen LogP contribution in [0.2, 0.25) is 0 Å². The smallest absolute Gasteiger partial charge is 0.428 e. The molecule has 13 heteroatoms. The van der Waals surface area contributed by atoms with Gasteiger partial charge in [0.2, 0.25) is 5.92 Å². The molecule has 0 atom stereocenters. The minimum absolute atomic E-state index is 0.0690. The monoisotopic (exact) mass is 597 g/mol. The number of carbonyl (C=O) groups excluding carboxylic acids is 3. The summed E-state index contributed by atoms with van der Waals surface area (Å²) in [4.78, 5) is 44.2. The Labute approximate surface area is 244 Å². The van der Waals surface area contributed by atoms with E-state index in [1.54, 1.807) is 49.9 Å². The third kappa shape index (κ3) is 6.90. The van der Waals surface area contributed by atoms with E-state index >= 15 is 0 Å². The van der Waals surface area contributed by atoms with Gasteiger partial charge < -0.3 is 19.7 Å². The number of halogens is 2. The Morgan fingerprint density at radius 1 is 1.02 bits per heavy atom. The average molecular weight is 598 g/mol. The number of para-hydroxylation sites is 1. The summed E-state index contributed by atoms with van der Waals surface area (Å²) in [6, 6.07) is 14.0. The fourth-order valence-corrected chi connectivity index (χ4v) is 5.28. The molecule has 4 aromatic rings. The first-order valence-electron chi connectivity index (χ1n) is 13.3. The average Bonchev–Trinajstić information content (AvgIpc) is 3.20. The number of ether oxygens (including phenoxy) is 2. The predicted molar refractivity (Wildman–Crippen MR) is 157 cm³/mol. The Kier molecular flexibility index (Phi) is 7.95. The molecule has 0 saturated carbocycles. The van der Waals surface area contributed by atoms with Gasteiger partial charge in [0.05, 0.1) is 15.8 Å². The lowest BCUT2D eigenvalue weighted by atomic mass is 10.1. The first-order chi connectivity index (χ1) is 19.9. The predicted octanol–water partition coefficient (Wildman–Crippen LogP) is 7.21. The van der Waals surface area contributed by atoms with Gasteiger partial charge in [-0.2, -0.15) is 4.37 Å². The van der Waals surface area contributed by atoms with Crippen LogP contribution in [0, 0.1) is 0 Å². The molecule has 0 spiro atoms. The van der Waals surface area contributed by atoms with E-state index in [-0.39, 0.29) is 37.2 Å². The summed E-state index contributed by atoms with van der Waals surface area (Å²) in [6.07, 6.45) is -2.48.